The van der Waals surface area contributed by atoms with Gasteiger partial charge < -0.3 is 9.73 Å². The molecule has 0 aliphatic carbocycles. The van der Waals surface area contributed by atoms with Gasteiger partial charge in [-0.1, -0.05) is 17.7 Å². The molecule has 0 saturated heterocycles. The molecule has 0 aliphatic heterocycles. The highest BCUT2D eigenvalue weighted by Gasteiger charge is 2.11. The second kappa shape index (κ2) is 6.51. The van der Waals surface area contributed by atoms with E-state index in [0.717, 1.165) is 18.1 Å². The van der Waals surface area contributed by atoms with E-state index in [4.69, 9.17) is 4.42 Å². The van der Waals surface area contributed by atoms with Gasteiger partial charge in [0.25, 0.3) is 0 Å². The molecule has 108 valence electrons. The highest BCUT2D eigenvalue weighted by atomic mass is 32.2. The number of hydrogen-bond donors (Lipinski definition) is 1. The summed E-state index contributed by atoms with van der Waals surface area (Å²) in [5, 5.41) is 3.56. The number of thioether (sulfide) groups is 1. The van der Waals surface area contributed by atoms with E-state index in [2.05, 4.69) is 51.2 Å². The van der Waals surface area contributed by atoms with Crippen LogP contribution in [0, 0.1) is 6.92 Å². The topological polar surface area (TPSA) is 25.2 Å². The highest BCUT2D eigenvalue weighted by molar-refractivity contribution is 7.98. The van der Waals surface area contributed by atoms with E-state index in [1.807, 2.05) is 23.9 Å². The zero-order valence-corrected chi connectivity index (χ0v) is 13.5. The lowest BCUT2D eigenvalue weighted by Crippen LogP contribution is -2.35. The number of hydrogen-bond acceptors (Lipinski definition) is 3. The molecule has 0 bridgehead atoms. The first-order chi connectivity index (χ1) is 9.44. The number of nitrogens with one attached hydrogen (secondary N) is 1. The van der Waals surface area contributed by atoms with Gasteiger partial charge in [0.2, 0.25) is 0 Å². The van der Waals surface area contributed by atoms with Gasteiger partial charge in [-0.3, -0.25) is 0 Å². The molecule has 0 unspecified atom stereocenters. The second-order valence-corrected chi connectivity index (χ2v) is 7.10. The van der Waals surface area contributed by atoms with Crippen LogP contribution in [0.4, 0.5) is 0 Å². The van der Waals surface area contributed by atoms with Crippen LogP contribution < -0.4 is 5.32 Å². The molecule has 2 rings (SSSR count). The van der Waals surface area contributed by atoms with Crippen molar-refractivity contribution < 1.29 is 4.42 Å². The minimum absolute atomic E-state index is 0.132. The van der Waals surface area contributed by atoms with Crippen molar-refractivity contribution in [3.8, 4) is 0 Å². The molecule has 2 nitrogen and oxygen atoms in total. The average Bonchev–Trinajstić information content (AvgIpc) is 2.87. The van der Waals surface area contributed by atoms with E-state index in [1.54, 1.807) is 6.26 Å². The Bertz CT molecular complexity index is 541. The first kappa shape index (κ1) is 15.2. The first-order valence-corrected chi connectivity index (χ1v) is 7.92. The molecule has 20 heavy (non-hydrogen) atoms. The monoisotopic (exact) mass is 289 g/mol. The molecule has 0 amide bonds. The zero-order valence-electron chi connectivity index (χ0n) is 12.7. The van der Waals surface area contributed by atoms with Crippen LogP contribution in [-0.2, 0) is 12.3 Å². The summed E-state index contributed by atoms with van der Waals surface area (Å²) in [7, 11) is 0. The van der Waals surface area contributed by atoms with E-state index >= 15 is 0 Å². The highest BCUT2D eigenvalue weighted by Crippen LogP contribution is 2.27. The Morgan fingerprint density at radius 3 is 2.65 bits per heavy atom. The third-order valence-electron chi connectivity index (χ3n) is 2.98. The third kappa shape index (κ3) is 4.73. The van der Waals surface area contributed by atoms with Crippen molar-refractivity contribution in [1.29, 1.82) is 0 Å². The summed E-state index contributed by atoms with van der Waals surface area (Å²) in [4.78, 5) is 1.32. The summed E-state index contributed by atoms with van der Waals surface area (Å²) < 4.78 is 5.40. The lowest BCUT2D eigenvalue weighted by atomic mass is 10.1. The molecule has 0 fully saturated rings. The summed E-state index contributed by atoms with van der Waals surface area (Å²) in [5.41, 5.74) is 2.79. The maximum Gasteiger partial charge on any atom is 0.113 e. The zero-order chi connectivity index (χ0) is 14.6. The minimum Gasteiger partial charge on any atom is -0.468 e. The average molecular weight is 289 g/mol. The summed E-state index contributed by atoms with van der Waals surface area (Å²) in [6.45, 7) is 9.61. The van der Waals surface area contributed by atoms with Crippen molar-refractivity contribution >= 4 is 11.8 Å². The molecule has 1 heterocycles. The van der Waals surface area contributed by atoms with Crippen LogP contribution in [-0.4, -0.2) is 5.54 Å². The van der Waals surface area contributed by atoms with Crippen molar-refractivity contribution in [3.05, 3.63) is 53.5 Å². The van der Waals surface area contributed by atoms with Crippen molar-refractivity contribution in [3.63, 3.8) is 0 Å². The number of rotatable bonds is 5. The van der Waals surface area contributed by atoms with Crippen LogP contribution in [0.25, 0.3) is 0 Å². The van der Waals surface area contributed by atoms with Crippen LogP contribution in [0.15, 0.2) is 45.9 Å². The minimum atomic E-state index is 0.132. The number of aryl methyl sites for hydroxylation is 1. The predicted octanol–water partition coefficient (Wildman–Crippen LogP) is 4.77. The van der Waals surface area contributed by atoms with Gasteiger partial charge in [-0.2, -0.15) is 0 Å². The molecule has 3 heteroatoms. The van der Waals surface area contributed by atoms with Gasteiger partial charge in [-0.25, -0.2) is 0 Å². The molecule has 0 saturated carbocycles. The van der Waals surface area contributed by atoms with Crippen molar-refractivity contribution in [1.82, 2.24) is 5.32 Å². The van der Waals surface area contributed by atoms with Crippen LogP contribution >= 0.6 is 11.8 Å². The first-order valence-electron chi connectivity index (χ1n) is 6.94. The third-order valence-corrected chi connectivity index (χ3v) is 4.11. The Morgan fingerprint density at radius 1 is 1.20 bits per heavy atom. The molecule has 0 aliphatic rings. The van der Waals surface area contributed by atoms with E-state index in [-0.39, 0.29) is 5.54 Å². The molecule has 0 spiro atoms. The SMILES string of the molecule is Cc1ccc(SCc2ccco2)c(CNC(C)(C)C)c1. The summed E-state index contributed by atoms with van der Waals surface area (Å²) >= 11 is 1.83. The molecule has 1 N–H and O–H groups in total. The Kier molecular flexibility index (Phi) is 4.95. The molecule has 0 radical (unpaired) electrons. The van der Waals surface area contributed by atoms with Gasteiger partial charge in [0.15, 0.2) is 0 Å². The van der Waals surface area contributed by atoms with Gasteiger partial charge in [0.05, 0.1) is 12.0 Å². The normalized spacial score (nSPS) is 11.8. The van der Waals surface area contributed by atoms with Gasteiger partial charge in [0, 0.05) is 17.0 Å². The standard InChI is InChI=1S/C17H23NOS/c1-13-7-8-16(20-12-15-6-5-9-19-15)14(10-13)11-18-17(2,3)4/h5-10,18H,11-12H2,1-4H3. The van der Waals surface area contributed by atoms with Gasteiger partial charge in [0.1, 0.15) is 5.76 Å². The summed E-state index contributed by atoms with van der Waals surface area (Å²) in [6.07, 6.45) is 1.73. The fourth-order valence-electron chi connectivity index (χ4n) is 1.89. The van der Waals surface area contributed by atoms with Crippen molar-refractivity contribution in [2.45, 2.75) is 50.4 Å². The lowest BCUT2D eigenvalue weighted by molar-refractivity contribution is 0.422. The maximum atomic E-state index is 5.40. The fourth-order valence-corrected chi connectivity index (χ4v) is 2.83. The van der Waals surface area contributed by atoms with Crippen LogP contribution in [0.5, 0.6) is 0 Å². The van der Waals surface area contributed by atoms with E-state index in [0.29, 0.717) is 0 Å². The number of furan rings is 1. The molecular weight excluding hydrogens is 266 g/mol. The van der Waals surface area contributed by atoms with Crippen molar-refractivity contribution in [2.24, 2.45) is 0 Å². The van der Waals surface area contributed by atoms with E-state index < -0.39 is 0 Å². The summed E-state index contributed by atoms with van der Waals surface area (Å²) in [6, 6.07) is 10.6. The van der Waals surface area contributed by atoms with Crippen LogP contribution in [0.1, 0.15) is 37.7 Å². The lowest BCUT2D eigenvalue weighted by Gasteiger charge is -2.21. The van der Waals surface area contributed by atoms with Gasteiger partial charge in [-0.05, 0) is 51.5 Å². The Morgan fingerprint density at radius 2 is 2.00 bits per heavy atom. The Balaban J connectivity index is 2.07. The fraction of sp³-hybridized carbons (Fsp3) is 0.412. The molecule has 2 aromatic rings. The second-order valence-electron chi connectivity index (χ2n) is 6.08. The largest absolute Gasteiger partial charge is 0.468 e. The van der Waals surface area contributed by atoms with Crippen LogP contribution in [0.2, 0.25) is 0 Å². The van der Waals surface area contributed by atoms with Crippen LogP contribution in [0.3, 0.4) is 0 Å². The van der Waals surface area contributed by atoms with E-state index in [1.165, 1.54) is 16.0 Å². The Hall–Kier alpha value is -1.19. The Labute approximate surface area is 126 Å². The quantitative estimate of drug-likeness (QED) is 0.803. The van der Waals surface area contributed by atoms with Crippen molar-refractivity contribution in [2.75, 3.05) is 0 Å². The summed E-state index contributed by atoms with van der Waals surface area (Å²) in [5.74, 6) is 1.89. The molecule has 1 aromatic carbocycles. The smallest absolute Gasteiger partial charge is 0.113 e. The molecule has 1 aromatic heterocycles. The van der Waals surface area contributed by atoms with Gasteiger partial charge in [-0.15, -0.1) is 11.8 Å². The molecular formula is C17H23NOS. The predicted molar refractivity (Wildman–Crippen MR) is 86.0 cm³/mol. The molecule has 0 atom stereocenters. The number of benzene rings is 1. The van der Waals surface area contributed by atoms with Gasteiger partial charge >= 0.3 is 0 Å². The van der Waals surface area contributed by atoms with E-state index in [9.17, 15) is 0 Å². The maximum absolute atomic E-state index is 5.40.